The van der Waals surface area contributed by atoms with Crippen LogP contribution in [0, 0.1) is 0 Å². The molecule has 1 amide bonds. The van der Waals surface area contributed by atoms with Crippen molar-refractivity contribution in [2.45, 2.75) is 6.42 Å². The first-order chi connectivity index (χ1) is 15.1. The van der Waals surface area contributed by atoms with Gasteiger partial charge in [0, 0.05) is 12.1 Å². The zero-order valence-electron chi connectivity index (χ0n) is 16.6. The number of carbonyl (C=O) groups excluding carboxylic acids is 1. The van der Waals surface area contributed by atoms with Crippen molar-refractivity contribution < 1.29 is 13.9 Å². The van der Waals surface area contributed by atoms with E-state index in [4.69, 9.17) is 20.8 Å². The predicted molar refractivity (Wildman–Crippen MR) is 122 cm³/mol. The van der Waals surface area contributed by atoms with Gasteiger partial charge in [0.25, 0.3) is 5.91 Å². The molecule has 0 saturated heterocycles. The summed E-state index contributed by atoms with van der Waals surface area (Å²) >= 11 is 6.33. The summed E-state index contributed by atoms with van der Waals surface area (Å²) in [5, 5.41) is 3.59. The number of ether oxygens (including phenoxy) is 1. The van der Waals surface area contributed by atoms with E-state index in [1.807, 2.05) is 30.3 Å². The summed E-state index contributed by atoms with van der Waals surface area (Å²) in [6.07, 6.45) is 0.704. The Morgan fingerprint density at radius 1 is 0.935 bits per heavy atom. The van der Waals surface area contributed by atoms with Gasteiger partial charge in [-0.05, 0) is 36.2 Å². The van der Waals surface area contributed by atoms with Gasteiger partial charge in [0.15, 0.2) is 12.4 Å². The van der Waals surface area contributed by atoms with Gasteiger partial charge in [-0.3, -0.25) is 9.59 Å². The average molecular weight is 434 g/mol. The van der Waals surface area contributed by atoms with Gasteiger partial charge in [-0.1, -0.05) is 66.2 Å². The number of fused-ring (bicyclic) bond motifs is 1. The molecule has 3 aromatic carbocycles. The van der Waals surface area contributed by atoms with Gasteiger partial charge in [0.1, 0.15) is 5.58 Å². The van der Waals surface area contributed by atoms with Gasteiger partial charge < -0.3 is 14.5 Å². The summed E-state index contributed by atoms with van der Waals surface area (Å²) in [6, 6.07) is 23.7. The molecule has 0 radical (unpaired) electrons. The summed E-state index contributed by atoms with van der Waals surface area (Å²) in [5.41, 5.74) is 1.71. The highest BCUT2D eigenvalue weighted by molar-refractivity contribution is 6.33. The van der Waals surface area contributed by atoms with Crippen LogP contribution in [0.4, 0.5) is 0 Å². The summed E-state index contributed by atoms with van der Waals surface area (Å²) in [4.78, 5) is 25.4. The minimum absolute atomic E-state index is 0.0370. The van der Waals surface area contributed by atoms with Gasteiger partial charge in [0.2, 0.25) is 11.2 Å². The van der Waals surface area contributed by atoms with Crippen LogP contribution in [-0.2, 0) is 11.2 Å². The number of benzene rings is 3. The van der Waals surface area contributed by atoms with Crippen molar-refractivity contribution in [1.29, 1.82) is 0 Å². The third-order valence-corrected chi connectivity index (χ3v) is 5.13. The third-order valence-electron chi connectivity index (χ3n) is 4.80. The van der Waals surface area contributed by atoms with E-state index in [1.165, 1.54) is 0 Å². The molecule has 0 saturated carbocycles. The Morgan fingerprint density at radius 2 is 1.65 bits per heavy atom. The maximum absolute atomic E-state index is 13.1. The fourth-order valence-electron chi connectivity index (χ4n) is 3.26. The summed E-state index contributed by atoms with van der Waals surface area (Å²) in [7, 11) is 0. The largest absolute Gasteiger partial charge is 0.476 e. The van der Waals surface area contributed by atoms with Crippen molar-refractivity contribution in [3.8, 4) is 17.1 Å². The molecule has 0 atom stereocenters. The zero-order chi connectivity index (χ0) is 21.6. The molecule has 0 bridgehead atoms. The van der Waals surface area contributed by atoms with E-state index < -0.39 is 0 Å². The van der Waals surface area contributed by atoms with Crippen LogP contribution in [-0.4, -0.2) is 19.1 Å². The minimum atomic E-state index is -0.353. The SMILES string of the molecule is O=C(COc1c(-c2ccccc2Cl)oc2ccccc2c1=O)NCCc1ccccc1. The van der Waals surface area contributed by atoms with E-state index in [2.05, 4.69) is 5.32 Å². The molecule has 0 aliphatic rings. The first-order valence-electron chi connectivity index (χ1n) is 9.87. The van der Waals surface area contributed by atoms with Gasteiger partial charge in [-0.2, -0.15) is 0 Å². The Morgan fingerprint density at radius 3 is 2.45 bits per heavy atom. The first-order valence-corrected chi connectivity index (χ1v) is 10.3. The lowest BCUT2D eigenvalue weighted by molar-refractivity contribution is -0.123. The molecule has 0 aliphatic heterocycles. The van der Waals surface area contributed by atoms with E-state index in [1.54, 1.807) is 48.5 Å². The fraction of sp³-hybridized carbons (Fsp3) is 0.120. The Kier molecular flexibility index (Phi) is 6.34. The third kappa shape index (κ3) is 4.78. The van der Waals surface area contributed by atoms with Crippen molar-refractivity contribution in [2.24, 2.45) is 0 Å². The van der Waals surface area contributed by atoms with E-state index in [0.717, 1.165) is 5.56 Å². The van der Waals surface area contributed by atoms with Crippen LogP contribution in [0.3, 0.4) is 0 Å². The highest BCUT2D eigenvalue weighted by Gasteiger charge is 2.20. The molecule has 156 valence electrons. The zero-order valence-corrected chi connectivity index (χ0v) is 17.4. The van der Waals surface area contributed by atoms with E-state index in [-0.39, 0.29) is 29.5 Å². The molecule has 5 nitrogen and oxygen atoms in total. The van der Waals surface area contributed by atoms with Crippen LogP contribution in [0.25, 0.3) is 22.3 Å². The second-order valence-corrected chi connectivity index (χ2v) is 7.35. The van der Waals surface area contributed by atoms with Crippen molar-refractivity contribution in [3.63, 3.8) is 0 Å². The number of para-hydroxylation sites is 1. The predicted octanol–water partition coefficient (Wildman–Crippen LogP) is 4.85. The fourth-order valence-corrected chi connectivity index (χ4v) is 3.48. The molecule has 1 N–H and O–H groups in total. The van der Waals surface area contributed by atoms with Crippen molar-refractivity contribution in [2.75, 3.05) is 13.2 Å². The number of hydrogen-bond acceptors (Lipinski definition) is 4. The highest BCUT2D eigenvalue weighted by Crippen LogP contribution is 2.35. The quantitative estimate of drug-likeness (QED) is 0.452. The van der Waals surface area contributed by atoms with Crippen LogP contribution in [0.5, 0.6) is 5.75 Å². The molecule has 31 heavy (non-hydrogen) atoms. The summed E-state index contributed by atoms with van der Waals surface area (Å²) in [6.45, 7) is 0.158. The monoisotopic (exact) mass is 433 g/mol. The lowest BCUT2D eigenvalue weighted by atomic mass is 10.1. The molecule has 0 unspecified atom stereocenters. The Labute approximate surface area is 184 Å². The van der Waals surface area contributed by atoms with E-state index >= 15 is 0 Å². The van der Waals surface area contributed by atoms with Gasteiger partial charge in [-0.25, -0.2) is 0 Å². The molecule has 1 aromatic heterocycles. The topological polar surface area (TPSA) is 68.5 Å². The molecular formula is C25H20ClNO4. The number of amides is 1. The van der Waals surface area contributed by atoms with E-state index in [0.29, 0.717) is 34.5 Å². The maximum atomic E-state index is 13.1. The number of hydrogen-bond donors (Lipinski definition) is 1. The smallest absolute Gasteiger partial charge is 0.257 e. The van der Waals surface area contributed by atoms with Crippen LogP contribution < -0.4 is 15.5 Å². The summed E-state index contributed by atoms with van der Waals surface area (Å²) in [5.74, 6) is -0.162. The van der Waals surface area contributed by atoms with Crippen molar-refractivity contribution in [3.05, 3.63) is 99.7 Å². The lowest BCUT2D eigenvalue weighted by Crippen LogP contribution is -2.31. The van der Waals surface area contributed by atoms with E-state index in [9.17, 15) is 9.59 Å². The number of rotatable bonds is 7. The van der Waals surface area contributed by atoms with Crippen LogP contribution in [0.1, 0.15) is 5.56 Å². The molecular weight excluding hydrogens is 414 g/mol. The molecule has 0 aliphatic carbocycles. The Balaban J connectivity index is 1.55. The number of carbonyl (C=O) groups is 1. The summed E-state index contributed by atoms with van der Waals surface area (Å²) < 4.78 is 11.6. The minimum Gasteiger partial charge on any atom is -0.476 e. The average Bonchev–Trinajstić information content (AvgIpc) is 2.79. The molecule has 4 aromatic rings. The van der Waals surface area contributed by atoms with Crippen LogP contribution in [0.2, 0.25) is 5.02 Å². The normalized spacial score (nSPS) is 10.7. The Hall–Kier alpha value is -3.57. The number of halogens is 1. The molecule has 4 rings (SSSR count). The Bertz CT molecular complexity index is 1270. The van der Waals surface area contributed by atoms with Gasteiger partial charge in [-0.15, -0.1) is 0 Å². The molecule has 0 spiro atoms. The first kappa shape index (κ1) is 20.7. The molecule has 1 heterocycles. The van der Waals surface area contributed by atoms with Gasteiger partial charge >= 0.3 is 0 Å². The van der Waals surface area contributed by atoms with Crippen LogP contribution in [0.15, 0.2) is 88.1 Å². The van der Waals surface area contributed by atoms with Gasteiger partial charge in [0.05, 0.1) is 10.4 Å². The molecule has 0 fully saturated rings. The van der Waals surface area contributed by atoms with Crippen molar-refractivity contribution in [1.82, 2.24) is 5.32 Å². The van der Waals surface area contributed by atoms with Crippen molar-refractivity contribution >= 4 is 28.5 Å². The standard InChI is InChI=1S/C25H20ClNO4/c26-20-12-6-4-10-18(20)24-25(23(29)19-11-5-7-13-21(19)31-24)30-16-22(28)27-15-14-17-8-2-1-3-9-17/h1-13H,14-16H2,(H,27,28). The second kappa shape index (κ2) is 9.49. The maximum Gasteiger partial charge on any atom is 0.257 e. The molecule has 6 heteroatoms. The van der Waals surface area contributed by atoms with Crippen LogP contribution >= 0.6 is 11.6 Å². The lowest BCUT2D eigenvalue weighted by Gasteiger charge is -2.12. The number of nitrogens with one attached hydrogen (secondary N) is 1. The second-order valence-electron chi connectivity index (χ2n) is 6.94. The highest BCUT2D eigenvalue weighted by atomic mass is 35.5.